The normalized spacial score (nSPS) is 10.6. The Morgan fingerprint density at radius 1 is 0.923 bits per heavy atom. The lowest BCUT2D eigenvalue weighted by Crippen LogP contribution is -2.30. The van der Waals surface area contributed by atoms with Gasteiger partial charge < -0.3 is 10.2 Å². The van der Waals surface area contributed by atoms with Crippen LogP contribution < -0.4 is 5.32 Å². The Kier molecular flexibility index (Phi) is 7.39. The molecule has 0 atom stereocenters. The van der Waals surface area contributed by atoms with Crippen LogP contribution in [0.3, 0.4) is 0 Å². The Labute approximate surface area is 156 Å². The number of nitrogens with zero attached hydrogens (tertiary/aromatic N) is 1. The van der Waals surface area contributed by atoms with Gasteiger partial charge in [0.1, 0.15) is 0 Å². The third-order valence-corrected chi connectivity index (χ3v) is 4.64. The van der Waals surface area contributed by atoms with Gasteiger partial charge in [-0.25, -0.2) is 0 Å². The summed E-state index contributed by atoms with van der Waals surface area (Å²) in [7, 11) is 0. The van der Waals surface area contributed by atoms with Crippen LogP contribution in [-0.4, -0.2) is 23.3 Å². The number of anilines is 1. The zero-order chi connectivity index (χ0) is 18.9. The Morgan fingerprint density at radius 2 is 1.54 bits per heavy atom. The van der Waals surface area contributed by atoms with Crippen molar-refractivity contribution in [2.45, 2.75) is 40.2 Å². The molecule has 0 spiro atoms. The molecule has 26 heavy (non-hydrogen) atoms. The monoisotopic (exact) mass is 352 g/mol. The summed E-state index contributed by atoms with van der Waals surface area (Å²) in [6.45, 7) is 7.23. The maximum atomic E-state index is 12.8. The highest BCUT2D eigenvalue weighted by molar-refractivity contribution is 5.96. The van der Waals surface area contributed by atoms with Crippen LogP contribution in [0.1, 0.15) is 49.5 Å². The minimum atomic E-state index is -0.00535. The summed E-state index contributed by atoms with van der Waals surface area (Å²) in [5.74, 6) is 0.0559. The van der Waals surface area contributed by atoms with Crippen molar-refractivity contribution in [2.75, 3.05) is 11.9 Å². The van der Waals surface area contributed by atoms with Crippen LogP contribution in [0.4, 0.5) is 5.69 Å². The molecule has 0 aliphatic heterocycles. The lowest BCUT2D eigenvalue weighted by Gasteiger charge is -2.21. The highest BCUT2D eigenvalue weighted by Crippen LogP contribution is 2.16. The second-order valence-electron chi connectivity index (χ2n) is 6.38. The van der Waals surface area contributed by atoms with E-state index >= 15 is 0 Å². The lowest BCUT2D eigenvalue weighted by atomic mass is 10.0. The summed E-state index contributed by atoms with van der Waals surface area (Å²) in [4.78, 5) is 26.7. The molecule has 0 unspecified atom stereocenters. The molecular formula is C22H28N2O2. The predicted octanol–water partition coefficient (Wildman–Crippen LogP) is 4.72. The van der Waals surface area contributed by atoms with Crippen molar-refractivity contribution in [1.82, 2.24) is 4.90 Å². The van der Waals surface area contributed by atoms with E-state index in [1.807, 2.05) is 56.0 Å². The van der Waals surface area contributed by atoms with E-state index < -0.39 is 0 Å². The van der Waals surface area contributed by atoms with E-state index in [-0.39, 0.29) is 17.7 Å². The van der Waals surface area contributed by atoms with Crippen molar-refractivity contribution in [3.05, 3.63) is 65.7 Å². The van der Waals surface area contributed by atoms with E-state index in [1.165, 1.54) is 0 Å². The fourth-order valence-corrected chi connectivity index (χ4v) is 2.91. The van der Waals surface area contributed by atoms with Gasteiger partial charge >= 0.3 is 0 Å². The maximum Gasteiger partial charge on any atom is 0.254 e. The van der Waals surface area contributed by atoms with Gasteiger partial charge in [0.25, 0.3) is 5.91 Å². The van der Waals surface area contributed by atoms with E-state index in [0.717, 1.165) is 24.1 Å². The Bertz CT molecular complexity index is 707. The van der Waals surface area contributed by atoms with Crippen molar-refractivity contribution < 1.29 is 9.59 Å². The molecule has 0 saturated heterocycles. The van der Waals surface area contributed by atoms with Gasteiger partial charge in [-0.2, -0.15) is 0 Å². The standard InChI is InChI=1S/C22H28N2O2/c1-4-18(5-2)21(25)23-20-14-12-19(13-15-20)22(26)24(6-3)16-17-10-8-7-9-11-17/h7-15,18H,4-6,16H2,1-3H3,(H,23,25). The zero-order valence-corrected chi connectivity index (χ0v) is 15.9. The van der Waals surface area contributed by atoms with Crippen LogP contribution in [0.15, 0.2) is 54.6 Å². The molecule has 2 aromatic rings. The van der Waals surface area contributed by atoms with Crippen LogP contribution in [0, 0.1) is 5.92 Å². The molecule has 138 valence electrons. The highest BCUT2D eigenvalue weighted by atomic mass is 16.2. The fraction of sp³-hybridized carbons (Fsp3) is 0.364. The van der Waals surface area contributed by atoms with Crippen molar-refractivity contribution >= 4 is 17.5 Å². The molecule has 1 N–H and O–H groups in total. The van der Waals surface area contributed by atoms with Crippen LogP contribution in [0.5, 0.6) is 0 Å². The molecule has 0 saturated carbocycles. The molecule has 4 nitrogen and oxygen atoms in total. The Morgan fingerprint density at radius 3 is 2.08 bits per heavy atom. The van der Waals surface area contributed by atoms with Crippen molar-refractivity contribution in [3.8, 4) is 0 Å². The molecule has 0 radical (unpaired) electrons. The van der Waals surface area contributed by atoms with E-state index in [9.17, 15) is 9.59 Å². The van der Waals surface area contributed by atoms with Crippen molar-refractivity contribution in [2.24, 2.45) is 5.92 Å². The van der Waals surface area contributed by atoms with Crippen LogP contribution in [-0.2, 0) is 11.3 Å². The van der Waals surface area contributed by atoms with Gasteiger partial charge in [-0.05, 0) is 49.6 Å². The van der Waals surface area contributed by atoms with Gasteiger partial charge in [-0.3, -0.25) is 9.59 Å². The molecule has 0 fully saturated rings. The third-order valence-electron chi connectivity index (χ3n) is 4.64. The highest BCUT2D eigenvalue weighted by Gasteiger charge is 2.16. The quantitative estimate of drug-likeness (QED) is 0.747. The first-order chi connectivity index (χ1) is 12.6. The Hall–Kier alpha value is -2.62. The summed E-state index contributed by atoms with van der Waals surface area (Å²) < 4.78 is 0. The van der Waals surface area contributed by atoms with Gasteiger partial charge in [-0.15, -0.1) is 0 Å². The largest absolute Gasteiger partial charge is 0.335 e. The topological polar surface area (TPSA) is 49.4 Å². The van der Waals surface area contributed by atoms with Crippen molar-refractivity contribution in [1.29, 1.82) is 0 Å². The molecule has 4 heteroatoms. The zero-order valence-electron chi connectivity index (χ0n) is 15.9. The SMILES string of the molecule is CCC(CC)C(=O)Nc1ccc(C(=O)N(CC)Cc2ccccc2)cc1. The summed E-state index contributed by atoms with van der Waals surface area (Å²) in [5, 5.41) is 2.93. The fourth-order valence-electron chi connectivity index (χ4n) is 2.91. The number of rotatable bonds is 8. The smallest absolute Gasteiger partial charge is 0.254 e. The second-order valence-corrected chi connectivity index (χ2v) is 6.38. The van der Waals surface area contributed by atoms with Gasteiger partial charge in [0.2, 0.25) is 5.91 Å². The van der Waals surface area contributed by atoms with Gasteiger partial charge in [0.05, 0.1) is 0 Å². The molecule has 0 bridgehead atoms. The maximum absolute atomic E-state index is 12.8. The number of hydrogen-bond acceptors (Lipinski definition) is 2. The Balaban J connectivity index is 2.04. The van der Waals surface area contributed by atoms with E-state index in [2.05, 4.69) is 5.32 Å². The molecule has 0 aliphatic carbocycles. The first kappa shape index (κ1) is 19.7. The number of nitrogens with one attached hydrogen (secondary N) is 1. The number of amides is 2. The summed E-state index contributed by atoms with van der Waals surface area (Å²) in [5.41, 5.74) is 2.46. The second kappa shape index (κ2) is 9.76. The number of carbonyl (C=O) groups excluding carboxylic acids is 2. The molecular weight excluding hydrogens is 324 g/mol. The summed E-state index contributed by atoms with van der Waals surface area (Å²) >= 11 is 0. The first-order valence-corrected chi connectivity index (χ1v) is 9.33. The van der Waals surface area contributed by atoms with E-state index in [1.54, 1.807) is 24.3 Å². The summed E-state index contributed by atoms with van der Waals surface area (Å²) in [6, 6.07) is 17.1. The molecule has 0 aliphatic rings. The average Bonchev–Trinajstić information content (AvgIpc) is 2.68. The molecule has 2 aromatic carbocycles. The van der Waals surface area contributed by atoms with Gasteiger partial charge in [0, 0.05) is 30.3 Å². The molecule has 0 aromatic heterocycles. The molecule has 2 amide bonds. The number of benzene rings is 2. The summed E-state index contributed by atoms with van der Waals surface area (Å²) in [6.07, 6.45) is 1.65. The van der Waals surface area contributed by atoms with Crippen molar-refractivity contribution in [3.63, 3.8) is 0 Å². The molecule has 0 heterocycles. The average molecular weight is 352 g/mol. The number of carbonyl (C=O) groups is 2. The van der Waals surface area contributed by atoms with Crippen LogP contribution in [0.25, 0.3) is 0 Å². The lowest BCUT2D eigenvalue weighted by molar-refractivity contribution is -0.120. The minimum absolute atomic E-state index is 0.00535. The van der Waals surface area contributed by atoms with Gasteiger partial charge in [0.15, 0.2) is 0 Å². The molecule has 2 rings (SSSR count). The number of hydrogen-bond donors (Lipinski definition) is 1. The van der Waals surface area contributed by atoms with Crippen LogP contribution >= 0.6 is 0 Å². The van der Waals surface area contributed by atoms with E-state index in [0.29, 0.717) is 18.7 Å². The first-order valence-electron chi connectivity index (χ1n) is 9.33. The third kappa shape index (κ3) is 5.19. The minimum Gasteiger partial charge on any atom is -0.335 e. The van der Waals surface area contributed by atoms with E-state index in [4.69, 9.17) is 0 Å². The van der Waals surface area contributed by atoms with Crippen LogP contribution in [0.2, 0.25) is 0 Å². The predicted molar refractivity (Wildman–Crippen MR) is 106 cm³/mol. The van der Waals surface area contributed by atoms with Gasteiger partial charge in [-0.1, -0.05) is 44.2 Å².